The van der Waals surface area contributed by atoms with Crippen molar-refractivity contribution in [2.24, 2.45) is 5.92 Å². The van der Waals surface area contributed by atoms with Crippen molar-refractivity contribution in [3.8, 4) is 0 Å². The number of carbonyl (C=O) groups is 1. The summed E-state index contributed by atoms with van der Waals surface area (Å²) in [5, 5.41) is 11.5. The highest BCUT2D eigenvalue weighted by atomic mass is 32.1. The summed E-state index contributed by atoms with van der Waals surface area (Å²) in [5.41, 5.74) is 1.16. The number of ether oxygens (including phenoxy) is 1. The van der Waals surface area contributed by atoms with Crippen molar-refractivity contribution in [3.05, 3.63) is 34.7 Å². The van der Waals surface area contributed by atoms with E-state index in [0.717, 1.165) is 37.4 Å². The number of anilines is 1. The molecule has 2 aromatic rings. The Bertz CT molecular complexity index is 690. The number of nitrogens with one attached hydrogen (secondary N) is 1. The zero-order valence-electron chi connectivity index (χ0n) is 14.3. The lowest BCUT2D eigenvalue weighted by Crippen LogP contribution is -2.40. The molecule has 1 atom stereocenters. The van der Waals surface area contributed by atoms with Crippen molar-refractivity contribution in [2.75, 3.05) is 18.5 Å². The van der Waals surface area contributed by atoms with Crippen molar-refractivity contribution in [2.45, 2.75) is 44.9 Å². The molecule has 1 saturated heterocycles. The normalized spacial score (nSPS) is 19.9. The largest absolute Gasteiger partial charge is 0.376 e. The van der Waals surface area contributed by atoms with Crippen LogP contribution in [0.5, 0.6) is 0 Å². The third kappa shape index (κ3) is 4.41. The van der Waals surface area contributed by atoms with E-state index in [4.69, 9.17) is 4.74 Å². The molecule has 0 spiro atoms. The molecule has 4 rings (SSSR count). The fourth-order valence-corrected chi connectivity index (χ4v) is 3.83. The van der Waals surface area contributed by atoms with Gasteiger partial charge < -0.3 is 9.64 Å². The van der Waals surface area contributed by atoms with Crippen LogP contribution in [0.15, 0.2) is 29.1 Å². The van der Waals surface area contributed by atoms with E-state index in [9.17, 15) is 4.79 Å². The molecule has 1 aliphatic heterocycles. The topological polar surface area (TPSA) is 59.4 Å². The Balaban J connectivity index is 1.43. The second-order valence-corrected chi connectivity index (χ2v) is 7.70. The highest BCUT2D eigenvalue weighted by Gasteiger charge is 2.25. The minimum Gasteiger partial charge on any atom is -0.376 e. The average Bonchev–Trinajstić information content (AvgIpc) is 3.02. The second kappa shape index (κ2) is 7.58. The fraction of sp³-hybridized carbons (Fsp3) is 0.556. The van der Waals surface area contributed by atoms with Crippen LogP contribution in [0.1, 0.15) is 31.2 Å². The molecule has 3 heterocycles. The number of rotatable bonds is 7. The van der Waals surface area contributed by atoms with Crippen LogP contribution in [-0.4, -0.2) is 40.0 Å². The number of amides is 2. The van der Waals surface area contributed by atoms with E-state index in [1.807, 2.05) is 21.0 Å². The van der Waals surface area contributed by atoms with Crippen LogP contribution in [0.4, 0.5) is 10.6 Å². The van der Waals surface area contributed by atoms with E-state index in [1.54, 1.807) is 17.5 Å². The number of hydrogen-bond donors (Lipinski definition) is 1. The van der Waals surface area contributed by atoms with Crippen LogP contribution in [0, 0.1) is 5.92 Å². The molecule has 2 fully saturated rings. The fourth-order valence-electron chi connectivity index (χ4n) is 3.17. The summed E-state index contributed by atoms with van der Waals surface area (Å²) in [7, 11) is 0. The summed E-state index contributed by atoms with van der Waals surface area (Å²) >= 11 is 1.65. The highest BCUT2D eigenvalue weighted by Crippen LogP contribution is 2.31. The first-order chi connectivity index (χ1) is 12.3. The maximum absolute atomic E-state index is 12.9. The van der Waals surface area contributed by atoms with E-state index in [0.29, 0.717) is 19.0 Å². The van der Waals surface area contributed by atoms with Crippen molar-refractivity contribution >= 4 is 23.2 Å². The quantitative estimate of drug-likeness (QED) is 0.821. The second-order valence-electron chi connectivity index (χ2n) is 6.92. The number of urea groups is 1. The van der Waals surface area contributed by atoms with Gasteiger partial charge in [0.15, 0.2) is 0 Å². The van der Waals surface area contributed by atoms with Crippen LogP contribution in [0.2, 0.25) is 0 Å². The molecule has 1 saturated carbocycles. The highest BCUT2D eigenvalue weighted by molar-refractivity contribution is 7.07. The summed E-state index contributed by atoms with van der Waals surface area (Å²) in [6.07, 6.45) is 6.51. The minimum absolute atomic E-state index is 0.0840. The first-order valence-electron chi connectivity index (χ1n) is 8.98. The summed E-state index contributed by atoms with van der Waals surface area (Å²) in [4.78, 5) is 14.8. The van der Waals surface area contributed by atoms with E-state index in [2.05, 4.69) is 21.9 Å². The van der Waals surface area contributed by atoms with E-state index in [1.165, 1.54) is 12.8 Å². The van der Waals surface area contributed by atoms with Crippen LogP contribution in [0.25, 0.3) is 0 Å². The number of aromatic nitrogens is 2. The SMILES string of the molecule is O=C(Nc1ccnn1CC1CC1)N(Cc1ccsc1)C[C@H]1CCCO1. The van der Waals surface area contributed by atoms with E-state index >= 15 is 0 Å². The number of thiophene rings is 1. The average molecular weight is 360 g/mol. The van der Waals surface area contributed by atoms with Gasteiger partial charge in [0.05, 0.1) is 12.3 Å². The van der Waals surface area contributed by atoms with Crippen LogP contribution < -0.4 is 5.32 Å². The molecule has 2 aliphatic rings. The predicted molar refractivity (Wildman–Crippen MR) is 97.7 cm³/mol. The van der Waals surface area contributed by atoms with Gasteiger partial charge in [-0.2, -0.15) is 16.4 Å². The minimum atomic E-state index is -0.0840. The van der Waals surface area contributed by atoms with Gasteiger partial charge >= 0.3 is 6.03 Å². The van der Waals surface area contributed by atoms with Crippen molar-refractivity contribution in [3.63, 3.8) is 0 Å². The van der Waals surface area contributed by atoms with Gasteiger partial charge in [-0.05, 0) is 54.0 Å². The Morgan fingerprint density at radius 1 is 1.40 bits per heavy atom. The van der Waals surface area contributed by atoms with Gasteiger partial charge in [0.2, 0.25) is 0 Å². The lowest BCUT2D eigenvalue weighted by Gasteiger charge is -2.25. The maximum atomic E-state index is 12.9. The monoisotopic (exact) mass is 360 g/mol. The molecule has 2 aromatic heterocycles. The third-order valence-corrected chi connectivity index (χ3v) is 5.50. The zero-order valence-corrected chi connectivity index (χ0v) is 15.1. The van der Waals surface area contributed by atoms with Gasteiger partial charge in [-0.1, -0.05) is 0 Å². The van der Waals surface area contributed by atoms with Crippen LogP contribution >= 0.6 is 11.3 Å². The Hall–Kier alpha value is -1.86. The van der Waals surface area contributed by atoms with Crippen molar-refractivity contribution < 1.29 is 9.53 Å². The molecule has 0 aromatic carbocycles. The van der Waals surface area contributed by atoms with Crippen LogP contribution in [0.3, 0.4) is 0 Å². The van der Waals surface area contributed by atoms with E-state index in [-0.39, 0.29) is 12.1 Å². The smallest absolute Gasteiger partial charge is 0.323 e. The summed E-state index contributed by atoms with van der Waals surface area (Å²) in [6, 6.07) is 3.85. The summed E-state index contributed by atoms with van der Waals surface area (Å²) in [6.45, 7) is 2.91. The molecule has 25 heavy (non-hydrogen) atoms. The Morgan fingerprint density at radius 2 is 2.32 bits per heavy atom. The van der Waals surface area contributed by atoms with Gasteiger partial charge in [0, 0.05) is 32.3 Å². The van der Waals surface area contributed by atoms with Gasteiger partial charge in [-0.3, -0.25) is 5.32 Å². The molecule has 134 valence electrons. The van der Waals surface area contributed by atoms with E-state index < -0.39 is 0 Å². The molecular weight excluding hydrogens is 336 g/mol. The molecule has 2 amide bonds. The molecule has 7 heteroatoms. The van der Waals surface area contributed by atoms with Crippen molar-refractivity contribution in [1.82, 2.24) is 14.7 Å². The van der Waals surface area contributed by atoms with Gasteiger partial charge in [-0.25, -0.2) is 9.48 Å². The van der Waals surface area contributed by atoms with Gasteiger partial charge in [0.1, 0.15) is 5.82 Å². The third-order valence-electron chi connectivity index (χ3n) is 4.77. The predicted octanol–water partition coefficient (Wildman–Crippen LogP) is 3.57. The van der Waals surface area contributed by atoms with Gasteiger partial charge in [0.25, 0.3) is 0 Å². The zero-order chi connectivity index (χ0) is 17.1. The molecule has 6 nitrogen and oxygen atoms in total. The first kappa shape index (κ1) is 16.6. The van der Waals surface area contributed by atoms with Crippen LogP contribution in [-0.2, 0) is 17.8 Å². The molecule has 0 bridgehead atoms. The molecule has 0 radical (unpaired) electrons. The Morgan fingerprint density at radius 3 is 3.04 bits per heavy atom. The number of nitrogens with zero attached hydrogens (tertiary/aromatic N) is 3. The van der Waals surface area contributed by atoms with Gasteiger partial charge in [-0.15, -0.1) is 0 Å². The number of carbonyl (C=O) groups excluding carboxylic acids is 1. The molecular formula is C18H24N4O2S. The molecule has 1 N–H and O–H groups in total. The lowest BCUT2D eigenvalue weighted by atomic mass is 10.2. The Kier molecular flexibility index (Phi) is 5.03. The summed E-state index contributed by atoms with van der Waals surface area (Å²) in [5.74, 6) is 1.49. The summed E-state index contributed by atoms with van der Waals surface area (Å²) < 4.78 is 7.64. The molecule has 0 unspecified atom stereocenters. The lowest BCUT2D eigenvalue weighted by molar-refractivity contribution is 0.0819. The first-order valence-corrected chi connectivity index (χ1v) is 9.92. The Labute approximate surface area is 151 Å². The standard InChI is InChI=1S/C18H24N4O2S/c23-18(20-17-5-7-19-22(17)11-14-3-4-14)21(10-15-6-9-25-13-15)12-16-2-1-8-24-16/h5-7,9,13-14,16H,1-4,8,10-12H2,(H,20,23)/t16-/m1/s1. The molecule has 1 aliphatic carbocycles. The van der Waals surface area contributed by atoms with Crippen molar-refractivity contribution in [1.29, 1.82) is 0 Å². The number of hydrogen-bond acceptors (Lipinski definition) is 4. The maximum Gasteiger partial charge on any atom is 0.323 e.